The van der Waals surface area contributed by atoms with Crippen molar-refractivity contribution >= 4 is 34.1 Å². The number of amides is 2. The van der Waals surface area contributed by atoms with Crippen molar-refractivity contribution in [2.75, 3.05) is 19.5 Å². The molecule has 178 valence electrons. The van der Waals surface area contributed by atoms with Crippen LogP contribution in [0.2, 0.25) is 0 Å². The molecular formula is C26H23FN4O4. The second-order valence-electron chi connectivity index (χ2n) is 7.59. The van der Waals surface area contributed by atoms with Crippen molar-refractivity contribution in [3.8, 4) is 11.5 Å². The van der Waals surface area contributed by atoms with Crippen molar-refractivity contribution < 1.29 is 23.5 Å². The fourth-order valence-corrected chi connectivity index (χ4v) is 3.47. The number of pyridine rings is 1. The Labute approximate surface area is 201 Å². The molecule has 0 bridgehead atoms. The molecule has 0 fully saturated rings. The first-order valence-corrected chi connectivity index (χ1v) is 10.7. The van der Waals surface area contributed by atoms with Gasteiger partial charge in [-0.1, -0.05) is 12.1 Å². The minimum absolute atomic E-state index is 0.0139. The van der Waals surface area contributed by atoms with Gasteiger partial charge in [0.15, 0.2) is 11.5 Å². The lowest BCUT2D eigenvalue weighted by Crippen LogP contribution is -2.42. The SMILES string of the molecule is COc1cc2nccc(Nc3ccc(C(=O)NNC(=O)Cc4ccc(F)cc4)cc3)c2cc1OC. The van der Waals surface area contributed by atoms with E-state index in [1.807, 2.05) is 12.1 Å². The minimum atomic E-state index is -0.463. The molecule has 0 aliphatic carbocycles. The standard InChI is InChI=1S/C26H23FN4O4/c1-34-23-14-20-21(11-12-28-22(20)15-24(23)35-2)29-19-9-5-17(6-10-19)26(33)31-30-25(32)13-16-3-7-18(27)8-4-16/h3-12,14-15H,13H2,1-2H3,(H,28,29)(H,30,32)(H,31,33). The summed E-state index contributed by atoms with van der Waals surface area (Å²) in [5.41, 5.74) is 8.04. The Bertz CT molecular complexity index is 1360. The first-order valence-electron chi connectivity index (χ1n) is 10.7. The van der Waals surface area contributed by atoms with Crippen molar-refractivity contribution in [1.82, 2.24) is 15.8 Å². The molecule has 0 saturated heterocycles. The van der Waals surface area contributed by atoms with Crippen LogP contribution in [0.1, 0.15) is 15.9 Å². The van der Waals surface area contributed by atoms with Gasteiger partial charge in [0.1, 0.15) is 5.82 Å². The average molecular weight is 474 g/mol. The molecule has 4 aromatic rings. The predicted molar refractivity (Wildman–Crippen MR) is 130 cm³/mol. The lowest BCUT2D eigenvalue weighted by atomic mass is 10.1. The van der Waals surface area contributed by atoms with Gasteiger partial charge in [0.25, 0.3) is 5.91 Å². The van der Waals surface area contributed by atoms with Crippen LogP contribution < -0.4 is 25.6 Å². The highest BCUT2D eigenvalue weighted by Crippen LogP contribution is 2.35. The zero-order valence-electron chi connectivity index (χ0n) is 19.1. The van der Waals surface area contributed by atoms with Gasteiger partial charge in [-0.3, -0.25) is 25.4 Å². The van der Waals surface area contributed by atoms with Gasteiger partial charge in [0, 0.05) is 34.6 Å². The van der Waals surface area contributed by atoms with Crippen LogP contribution in [0.3, 0.4) is 0 Å². The number of nitrogens with one attached hydrogen (secondary N) is 3. The van der Waals surface area contributed by atoms with E-state index in [0.29, 0.717) is 22.6 Å². The van der Waals surface area contributed by atoms with Gasteiger partial charge in [0.2, 0.25) is 5.91 Å². The highest BCUT2D eigenvalue weighted by molar-refractivity contribution is 5.97. The summed E-state index contributed by atoms with van der Waals surface area (Å²) < 4.78 is 23.7. The molecule has 2 amide bonds. The number of carbonyl (C=O) groups excluding carboxylic acids is 2. The number of hydrogen-bond donors (Lipinski definition) is 3. The van der Waals surface area contributed by atoms with E-state index < -0.39 is 11.8 Å². The fraction of sp³-hybridized carbons (Fsp3) is 0.115. The zero-order valence-corrected chi connectivity index (χ0v) is 19.1. The van der Waals surface area contributed by atoms with Gasteiger partial charge in [-0.15, -0.1) is 0 Å². The molecule has 1 heterocycles. The summed E-state index contributed by atoms with van der Waals surface area (Å²) in [5, 5.41) is 4.16. The summed E-state index contributed by atoms with van der Waals surface area (Å²) in [6, 6.07) is 17.8. The van der Waals surface area contributed by atoms with Crippen LogP contribution in [0, 0.1) is 5.82 Å². The van der Waals surface area contributed by atoms with Gasteiger partial charge < -0.3 is 14.8 Å². The number of ether oxygens (including phenoxy) is 2. The average Bonchev–Trinajstić information content (AvgIpc) is 2.88. The molecule has 1 aromatic heterocycles. The maximum atomic E-state index is 13.0. The molecular weight excluding hydrogens is 451 g/mol. The summed E-state index contributed by atoms with van der Waals surface area (Å²) in [5.74, 6) is -0.0816. The molecule has 3 aromatic carbocycles. The summed E-state index contributed by atoms with van der Waals surface area (Å²) in [4.78, 5) is 28.8. The highest BCUT2D eigenvalue weighted by Gasteiger charge is 2.11. The Morgan fingerprint density at radius 3 is 2.26 bits per heavy atom. The molecule has 0 aliphatic heterocycles. The zero-order chi connectivity index (χ0) is 24.8. The van der Waals surface area contributed by atoms with E-state index >= 15 is 0 Å². The third-order valence-corrected chi connectivity index (χ3v) is 5.27. The molecule has 0 atom stereocenters. The molecule has 0 unspecified atom stereocenters. The molecule has 0 radical (unpaired) electrons. The summed E-state index contributed by atoms with van der Waals surface area (Å²) >= 11 is 0. The van der Waals surface area contributed by atoms with Crippen molar-refractivity contribution in [3.05, 3.63) is 89.9 Å². The normalized spacial score (nSPS) is 10.5. The third kappa shape index (κ3) is 5.64. The van der Waals surface area contributed by atoms with Crippen LogP contribution in [-0.2, 0) is 11.2 Å². The number of rotatable bonds is 7. The molecule has 3 N–H and O–H groups in total. The number of anilines is 2. The fourth-order valence-electron chi connectivity index (χ4n) is 3.47. The number of hydrazine groups is 1. The number of fused-ring (bicyclic) bond motifs is 1. The van der Waals surface area contributed by atoms with Gasteiger partial charge in [0.05, 0.1) is 26.2 Å². The predicted octanol–water partition coefficient (Wildman–Crippen LogP) is 4.14. The van der Waals surface area contributed by atoms with Crippen molar-refractivity contribution in [2.45, 2.75) is 6.42 Å². The first kappa shape index (κ1) is 23.5. The number of hydrogen-bond acceptors (Lipinski definition) is 6. The Morgan fingerprint density at radius 1 is 0.886 bits per heavy atom. The second-order valence-corrected chi connectivity index (χ2v) is 7.59. The summed E-state index contributed by atoms with van der Waals surface area (Å²) in [7, 11) is 3.14. The van der Waals surface area contributed by atoms with E-state index in [1.54, 1.807) is 50.7 Å². The number of benzene rings is 3. The van der Waals surface area contributed by atoms with Gasteiger partial charge in [-0.2, -0.15) is 0 Å². The first-order chi connectivity index (χ1) is 17.0. The van der Waals surface area contributed by atoms with E-state index in [9.17, 15) is 14.0 Å². The van der Waals surface area contributed by atoms with E-state index in [-0.39, 0.29) is 12.2 Å². The largest absolute Gasteiger partial charge is 0.493 e. The monoisotopic (exact) mass is 474 g/mol. The van der Waals surface area contributed by atoms with E-state index in [0.717, 1.165) is 22.3 Å². The van der Waals surface area contributed by atoms with E-state index in [2.05, 4.69) is 21.2 Å². The van der Waals surface area contributed by atoms with Gasteiger partial charge in [-0.05, 0) is 54.1 Å². The smallest absolute Gasteiger partial charge is 0.269 e. The Balaban J connectivity index is 1.40. The highest BCUT2D eigenvalue weighted by atomic mass is 19.1. The van der Waals surface area contributed by atoms with Crippen molar-refractivity contribution in [3.63, 3.8) is 0 Å². The van der Waals surface area contributed by atoms with Crippen LogP contribution in [0.5, 0.6) is 11.5 Å². The molecule has 0 saturated carbocycles. The van der Waals surface area contributed by atoms with E-state index in [4.69, 9.17) is 9.47 Å². The number of carbonyl (C=O) groups is 2. The summed E-state index contributed by atoms with van der Waals surface area (Å²) in [6.07, 6.45) is 1.70. The van der Waals surface area contributed by atoms with Crippen LogP contribution >= 0.6 is 0 Å². The number of halogens is 1. The molecule has 35 heavy (non-hydrogen) atoms. The number of aromatic nitrogens is 1. The maximum Gasteiger partial charge on any atom is 0.269 e. The van der Waals surface area contributed by atoms with E-state index in [1.165, 1.54) is 24.3 Å². The summed E-state index contributed by atoms with van der Waals surface area (Å²) in [6.45, 7) is 0. The van der Waals surface area contributed by atoms with Crippen LogP contribution in [0.4, 0.5) is 15.8 Å². The third-order valence-electron chi connectivity index (χ3n) is 5.27. The lowest BCUT2D eigenvalue weighted by molar-refractivity contribution is -0.121. The number of methoxy groups -OCH3 is 2. The molecule has 0 aliphatic rings. The molecule has 8 nitrogen and oxygen atoms in total. The molecule has 4 rings (SSSR count). The van der Waals surface area contributed by atoms with Crippen LogP contribution in [0.15, 0.2) is 72.9 Å². The molecule has 0 spiro atoms. The van der Waals surface area contributed by atoms with Crippen molar-refractivity contribution in [2.24, 2.45) is 0 Å². The van der Waals surface area contributed by atoms with Gasteiger partial charge in [-0.25, -0.2) is 4.39 Å². The number of nitrogens with zero attached hydrogens (tertiary/aromatic N) is 1. The lowest BCUT2D eigenvalue weighted by Gasteiger charge is -2.13. The Kier molecular flexibility index (Phi) is 7.06. The van der Waals surface area contributed by atoms with Crippen LogP contribution in [-0.4, -0.2) is 31.0 Å². The Morgan fingerprint density at radius 2 is 1.57 bits per heavy atom. The minimum Gasteiger partial charge on any atom is -0.493 e. The van der Waals surface area contributed by atoms with Crippen LogP contribution in [0.25, 0.3) is 10.9 Å². The quantitative estimate of drug-likeness (QED) is 0.348. The van der Waals surface area contributed by atoms with Gasteiger partial charge >= 0.3 is 0 Å². The Hall–Kier alpha value is -4.66. The second kappa shape index (κ2) is 10.5. The topological polar surface area (TPSA) is 102 Å². The maximum absolute atomic E-state index is 13.0. The van der Waals surface area contributed by atoms with Crippen molar-refractivity contribution in [1.29, 1.82) is 0 Å². The molecule has 9 heteroatoms.